The van der Waals surface area contributed by atoms with Gasteiger partial charge in [0.2, 0.25) is 5.60 Å². The quantitative estimate of drug-likeness (QED) is 0.382. The summed E-state index contributed by atoms with van der Waals surface area (Å²) in [5.41, 5.74) is 4.23. The summed E-state index contributed by atoms with van der Waals surface area (Å²) in [6, 6.07) is 12.7. The van der Waals surface area contributed by atoms with Crippen molar-refractivity contribution >= 4 is 19.2 Å². The van der Waals surface area contributed by atoms with Crippen LogP contribution < -0.4 is 10.3 Å². The lowest BCUT2D eigenvalue weighted by molar-refractivity contribution is -0.0633. The summed E-state index contributed by atoms with van der Waals surface area (Å²) in [4.78, 5) is 13.8. The average molecular weight is 447 g/mol. The lowest BCUT2D eigenvalue weighted by atomic mass is 9.92. The number of ether oxygens (including phenoxy) is 1. The van der Waals surface area contributed by atoms with E-state index in [1.165, 1.54) is 28.8 Å². The van der Waals surface area contributed by atoms with E-state index in [0.717, 1.165) is 6.33 Å². The van der Waals surface area contributed by atoms with Gasteiger partial charge in [0, 0.05) is 0 Å². The molecule has 5 N–H and O–H groups in total. The molecule has 2 unspecified atom stereocenters. The van der Waals surface area contributed by atoms with E-state index in [-0.39, 0.29) is 17.3 Å². The Hall–Kier alpha value is -3.04. The number of phosphoric ester groups is 1. The van der Waals surface area contributed by atoms with Crippen LogP contribution in [-0.2, 0) is 19.4 Å². The van der Waals surface area contributed by atoms with Crippen LogP contribution in [0.25, 0.3) is 5.52 Å². The molecule has 1 saturated heterocycles. The second-order valence-corrected chi connectivity index (χ2v) is 8.15. The molecule has 5 atom stereocenters. The predicted octanol–water partition coefficient (Wildman–Crippen LogP) is 0.347. The SMILES string of the molecule is N#C[C@@]1(c2ccc3c(N)ncnn23)OC(COP(=O)(O)Oc2ccccc2)[C@@H](O)[C@H]1O. The Morgan fingerprint density at radius 1 is 1.29 bits per heavy atom. The Bertz CT molecular complexity index is 1180. The molecule has 1 aliphatic heterocycles. The van der Waals surface area contributed by atoms with E-state index >= 15 is 0 Å². The van der Waals surface area contributed by atoms with Gasteiger partial charge in [0.1, 0.15) is 42.0 Å². The third kappa shape index (κ3) is 3.75. The highest BCUT2D eigenvalue weighted by Crippen LogP contribution is 2.46. The molecule has 0 amide bonds. The molecule has 31 heavy (non-hydrogen) atoms. The van der Waals surface area contributed by atoms with Crippen molar-refractivity contribution < 1.29 is 33.5 Å². The number of phosphoric acid groups is 1. The number of anilines is 1. The molecule has 1 fully saturated rings. The number of nitrogens with two attached hydrogens (primary N) is 1. The summed E-state index contributed by atoms with van der Waals surface area (Å²) in [5, 5.41) is 35.0. The number of para-hydroxylation sites is 1. The lowest BCUT2D eigenvalue weighted by Crippen LogP contribution is -2.41. The molecule has 1 aromatic carbocycles. The summed E-state index contributed by atoms with van der Waals surface area (Å²) in [6.45, 7) is -0.636. The molecule has 3 aromatic rings. The van der Waals surface area contributed by atoms with Crippen LogP contribution in [0.3, 0.4) is 0 Å². The number of benzene rings is 1. The largest absolute Gasteiger partial charge is 0.527 e. The minimum Gasteiger partial charge on any atom is -0.404 e. The Kier molecular flexibility index (Phi) is 5.40. The molecule has 12 nitrogen and oxygen atoms in total. The Morgan fingerprint density at radius 3 is 2.74 bits per heavy atom. The molecule has 2 aromatic heterocycles. The first kappa shape index (κ1) is 21.2. The van der Waals surface area contributed by atoms with Crippen molar-refractivity contribution in [3.05, 3.63) is 54.5 Å². The summed E-state index contributed by atoms with van der Waals surface area (Å²) in [6.07, 6.45) is -3.48. The van der Waals surface area contributed by atoms with Crippen LogP contribution in [0.1, 0.15) is 5.69 Å². The lowest BCUT2D eigenvalue weighted by Gasteiger charge is -2.24. The number of rotatable bonds is 6. The highest BCUT2D eigenvalue weighted by Gasteiger charge is 2.58. The number of nitrogens with zero attached hydrogens (tertiary/aromatic N) is 4. The molecule has 0 saturated carbocycles. The number of hydrogen-bond donors (Lipinski definition) is 4. The first-order valence-corrected chi connectivity index (χ1v) is 10.5. The Morgan fingerprint density at radius 2 is 2.03 bits per heavy atom. The molecule has 3 heterocycles. The van der Waals surface area contributed by atoms with E-state index in [2.05, 4.69) is 10.1 Å². The maximum absolute atomic E-state index is 12.2. The third-order valence-corrected chi connectivity index (χ3v) is 5.77. The van der Waals surface area contributed by atoms with Gasteiger partial charge in [-0.3, -0.25) is 9.42 Å². The fraction of sp³-hybridized carbons (Fsp3) is 0.278. The number of hydrogen-bond acceptors (Lipinski definition) is 10. The first-order chi connectivity index (χ1) is 14.8. The van der Waals surface area contributed by atoms with Gasteiger partial charge in [-0.15, -0.1) is 0 Å². The predicted molar refractivity (Wildman–Crippen MR) is 104 cm³/mol. The summed E-state index contributed by atoms with van der Waals surface area (Å²) >= 11 is 0. The van der Waals surface area contributed by atoms with Crippen molar-refractivity contribution in [2.24, 2.45) is 0 Å². The van der Waals surface area contributed by atoms with Crippen molar-refractivity contribution in [3.8, 4) is 11.8 Å². The normalized spacial score (nSPS) is 27.6. The van der Waals surface area contributed by atoms with Crippen molar-refractivity contribution in [2.45, 2.75) is 23.9 Å². The van der Waals surface area contributed by atoms with Crippen molar-refractivity contribution in [2.75, 3.05) is 12.3 Å². The maximum Gasteiger partial charge on any atom is 0.527 e. The van der Waals surface area contributed by atoms with Gasteiger partial charge < -0.3 is 25.2 Å². The standard InChI is InChI=1S/C18H18N5O7P/c19-9-18(14-7-6-12-17(20)21-10-22-23(12)14)16(25)15(24)13(29-18)8-28-31(26,27)30-11-4-2-1-3-5-11/h1-7,10,13,15-16,24-25H,8H2,(H,26,27)(H2,20,21,22)/t13?,15-,16-,18+/m1/s1. The van der Waals surface area contributed by atoms with Crippen LogP contribution in [0.4, 0.5) is 5.82 Å². The number of nitrogen functional groups attached to an aromatic ring is 1. The topological polar surface area (TPSA) is 185 Å². The summed E-state index contributed by atoms with van der Waals surface area (Å²) < 4.78 is 29.0. The minimum absolute atomic E-state index is 0.0980. The fourth-order valence-electron chi connectivity index (χ4n) is 3.36. The minimum atomic E-state index is -4.57. The van der Waals surface area contributed by atoms with E-state index in [4.69, 9.17) is 19.5 Å². The Balaban J connectivity index is 1.56. The highest BCUT2D eigenvalue weighted by atomic mass is 31.2. The van der Waals surface area contributed by atoms with Crippen molar-refractivity contribution in [1.29, 1.82) is 5.26 Å². The van der Waals surface area contributed by atoms with E-state index in [9.17, 15) is 24.9 Å². The van der Waals surface area contributed by atoms with Crippen LogP contribution in [0.2, 0.25) is 0 Å². The van der Waals surface area contributed by atoms with E-state index in [1.807, 2.05) is 6.07 Å². The van der Waals surface area contributed by atoms with Gasteiger partial charge in [0.15, 0.2) is 5.82 Å². The van der Waals surface area contributed by atoms with Crippen LogP contribution >= 0.6 is 7.82 Å². The number of aliphatic hydroxyl groups excluding tert-OH is 2. The third-order valence-electron chi connectivity index (χ3n) is 4.85. The molecule has 0 aliphatic carbocycles. The number of nitriles is 1. The average Bonchev–Trinajstić information content (AvgIpc) is 3.29. The zero-order valence-corrected chi connectivity index (χ0v) is 16.7. The maximum atomic E-state index is 12.2. The van der Waals surface area contributed by atoms with Gasteiger partial charge in [-0.05, 0) is 24.3 Å². The molecule has 0 bridgehead atoms. The van der Waals surface area contributed by atoms with Crippen LogP contribution in [0, 0.1) is 11.3 Å². The van der Waals surface area contributed by atoms with Gasteiger partial charge in [-0.2, -0.15) is 10.4 Å². The zero-order valence-electron chi connectivity index (χ0n) is 15.8. The number of aliphatic hydroxyl groups is 2. The molecule has 1 aliphatic rings. The second-order valence-electron chi connectivity index (χ2n) is 6.77. The first-order valence-electron chi connectivity index (χ1n) is 9.03. The molecule has 162 valence electrons. The van der Waals surface area contributed by atoms with Crippen molar-refractivity contribution in [3.63, 3.8) is 0 Å². The van der Waals surface area contributed by atoms with Crippen LogP contribution in [0.15, 0.2) is 48.8 Å². The number of fused-ring (bicyclic) bond motifs is 1. The summed E-state index contributed by atoms with van der Waals surface area (Å²) in [7, 11) is -4.57. The molecule has 4 rings (SSSR count). The van der Waals surface area contributed by atoms with E-state index in [1.54, 1.807) is 18.2 Å². The van der Waals surface area contributed by atoms with Gasteiger partial charge in [0.05, 0.1) is 12.3 Å². The molecule has 0 spiro atoms. The molecule has 0 radical (unpaired) electrons. The van der Waals surface area contributed by atoms with Crippen LogP contribution in [0.5, 0.6) is 5.75 Å². The van der Waals surface area contributed by atoms with Gasteiger partial charge in [0.25, 0.3) is 0 Å². The van der Waals surface area contributed by atoms with Gasteiger partial charge in [-0.1, -0.05) is 18.2 Å². The smallest absolute Gasteiger partial charge is 0.404 e. The molecular weight excluding hydrogens is 429 g/mol. The van der Waals surface area contributed by atoms with Crippen molar-refractivity contribution in [1.82, 2.24) is 14.6 Å². The second kappa shape index (κ2) is 7.90. The molecule has 13 heteroatoms. The van der Waals surface area contributed by atoms with Gasteiger partial charge >= 0.3 is 7.82 Å². The zero-order chi connectivity index (χ0) is 22.2. The van der Waals surface area contributed by atoms with E-state index < -0.39 is 38.3 Å². The number of aromatic nitrogens is 3. The summed E-state index contributed by atoms with van der Waals surface area (Å²) in [5.74, 6) is 0.242. The van der Waals surface area contributed by atoms with E-state index in [0.29, 0.717) is 5.52 Å². The van der Waals surface area contributed by atoms with Crippen LogP contribution in [-0.4, -0.2) is 54.6 Å². The monoisotopic (exact) mass is 447 g/mol. The Labute approximate surface area is 175 Å². The molecular formula is C18H18N5O7P. The highest BCUT2D eigenvalue weighted by molar-refractivity contribution is 7.47. The van der Waals surface area contributed by atoms with Gasteiger partial charge in [-0.25, -0.2) is 14.1 Å². The fourth-order valence-corrected chi connectivity index (χ4v) is 4.14.